The van der Waals surface area contributed by atoms with Gasteiger partial charge in [0.2, 0.25) is 0 Å². The second-order valence-electron chi connectivity index (χ2n) is 6.49. The van der Waals surface area contributed by atoms with Crippen molar-refractivity contribution >= 4 is 39.1 Å². The number of aromatic nitrogens is 1. The molecule has 0 saturated carbocycles. The molecule has 0 atom stereocenters. The second-order valence-corrected chi connectivity index (χ2v) is 7.89. The van der Waals surface area contributed by atoms with Crippen molar-refractivity contribution in [2.45, 2.75) is 25.9 Å². The number of aryl methyl sites for hydroxylation is 1. The van der Waals surface area contributed by atoms with Crippen LogP contribution in [0.4, 0.5) is 0 Å². The molecule has 1 aliphatic rings. The number of amides is 1. The van der Waals surface area contributed by atoms with Crippen LogP contribution < -0.4 is 4.74 Å². The van der Waals surface area contributed by atoms with Crippen molar-refractivity contribution in [3.05, 3.63) is 58.6 Å². The summed E-state index contributed by atoms with van der Waals surface area (Å²) in [5.74, 6) is -0.00957. The van der Waals surface area contributed by atoms with Crippen LogP contribution in [0.15, 0.2) is 42.5 Å². The lowest BCUT2D eigenvalue weighted by atomic mass is 10.1. The van der Waals surface area contributed by atoms with Crippen molar-refractivity contribution in [3.63, 3.8) is 0 Å². The third-order valence-corrected chi connectivity index (χ3v) is 5.94. The molecule has 0 aliphatic carbocycles. The minimum atomic E-state index is -0.00957. The molecule has 26 heavy (non-hydrogen) atoms. The molecule has 1 aromatic heterocycles. The van der Waals surface area contributed by atoms with E-state index in [9.17, 15) is 4.79 Å². The molecule has 2 heterocycles. The summed E-state index contributed by atoms with van der Waals surface area (Å²) in [6.45, 7) is 3.39. The molecule has 134 valence electrons. The number of ether oxygens (including phenoxy) is 1. The topological polar surface area (TPSA) is 42.4 Å². The molecule has 6 heteroatoms. The van der Waals surface area contributed by atoms with E-state index in [1.54, 1.807) is 23.5 Å². The molecular weight excluding hydrogens is 368 g/mol. The summed E-state index contributed by atoms with van der Waals surface area (Å²) < 4.78 is 7.24. The second kappa shape index (κ2) is 7.25. The summed E-state index contributed by atoms with van der Waals surface area (Å²) in [5, 5.41) is 1.21. The third-order valence-electron chi connectivity index (χ3n) is 4.70. The average molecular weight is 387 g/mol. The van der Waals surface area contributed by atoms with E-state index in [1.807, 2.05) is 23.1 Å². The van der Waals surface area contributed by atoms with Gasteiger partial charge in [-0.15, -0.1) is 0 Å². The highest BCUT2D eigenvalue weighted by molar-refractivity contribution is 7.20. The number of fused-ring (bicyclic) bond motifs is 1. The van der Waals surface area contributed by atoms with Crippen molar-refractivity contribution in [2.24, 2.45) is 0 Å². The van der Waals surface area contributed by atoms with Crippen LogP contribution in [0.2, 0.25) is 5.02 Å². The minimum absolute atomic E-state index is 0.00957. The highest BCUT2D eigenvalue weighted by atomic mass is 35.5. The van der Waals surface area contributed by atoms with E-state index in [0.29, 0.717) is 28.9 Å². The first-order chi connectivity index (χ1) is 12.6. The van der Waals surface area contributed by atoms with Crippen LogP contribution in [0.3, 0.4) is 0 Å². The zero-order valence-electron chi connectivity index (χ0n) is 14.4. The van der Waals surface area contributed by atoms with Crippen molar-refractivity contribution < 1.29 is 9.53 Å². The Morgan fingerprint density at radius 1 is 1.19 bits per heavy atom. The van der Waals surface area contributed by atoms with Gasteiger partial charge in [0, 0.05) is 25.9 Å². The number of rotatable bonds is 3. The molecule has 1 saturated heterocycles. The molecule has 3 aromatic rings. The minimum Gasteiger partial charge on any atom is -0.467 e. The van der Waals surface area contributed by atoms with E-state index in [2.05, 4.69) is 24.0 Å². The molecule has 4 rings (SSSR count). The van der Waals surface area contributed by atoms with Crippen molar-refractivity contribution in [3.8, 4) is 5.19 Å². The Morgan fingerprint density at radius 2 is 1.96 bits per heavy atom. The van der Waals surface area contributed by atoms with Gasteiger partial charge < -0.3 is 9.64 Å². The van der Waals surface area contributed by atoms with Gasteiger partial charge in [0.05, 0.1) is 20.8 Å². The van der Waals surface area contributed by atoms with Crippen LogP contribution in [-0.2, 0) is 0 Å². The van der Waals surface area contributed by atoms with Crippen LogP contribution >= 0.6 is 22.9 Å². The molecular formula is C20H19ClN2O2S. The van der Waals surface area contributed by atoms with Crippen molar-refractivity contribution in [1.82, 2.24) is 9.88 Å². The normalized spacial score (nSPS) is 15.4. The molecule has 0 spiro atoms. The zero-order valence-corrected chi connectivity index (χ0v) is 16.0. The number of carbonyl (C=O) groups excluding carboxylic acids is 1. The van der Waals surface area contributed by atoms with E-state index in [1.165, 1.54) is 0 Å². The Hall–Kier alpha value is -2.11. The Labute approximate surface area is 161 Å². The van der Waals surface area contributed by atoms with Crippen LogP contribution in [0, 0.1) is 6.92 Å². The van der Waals surface area contributed by atoms with Crippen LogP contribution in [0.25, 0.3) is 10.2 Å². The van der Waals surface area contributed by atoms with Crippen molar-refractivity contribution in [2.75, 3.05) is 13.1 Å². The summed E-state index contributed by atoms with van der Waals surface area (Å²) >= 11 is 7.73. The summed E-state index contributed by atoms with van der Waals surface area (Å²) in [7, 11) is 0. The smallest absolute Gasteiger partial charge is 0.274 e. The maximum Gasteiger partial charge on any atom is 0.274 e. The van der Waals surface area contributed by atoms with E-state index in [0.717, 1.165) is 28.6 Å². The molecule has 0 unspecified atom stereocenters. The SMILES string of the molecule is Cc1cccc2sc(OC3CCN(C(=O)c4ccccc4Cl)CC3)nc12. The van der Waals surface area contributed by atoms with Gasteiger partial charge in [0.15, 0.2) is 0 Å². The number of likely N-dealkylation sites (tertiary alicyclic amines) is 1. The average Bonchev–Trinajstić information content (AvgIpc) is 3.06. The van der Waals surface area contributed by atoms with E-state index >= 15 is 0 Å². The van der Waals surface area contributed by atoms with Gasteiger partial charge in [0.25, 0.3) is 11.1 Å². The summed E-state index contributed by atoms with van der Waals surface area (Å²) in [6, 6.07) is 13.4. The van der Waals surface area contributed by atoms with Gasteiger partial charge in [0.1, 0.15) is 6.10 Å². The maximum absolute atomic E-state index is 12.6. The Kier molecular flexibility index (Phi) is 4.83. The Bertz CT molecular complexity index is 948. The third kappa shape index (κ3) is 3.41. The van der Waals surface area contributed by atoms with E-state index < -0.39 is 0 Å². The highest BCUT2D eigenvalue weighted by Gasteiger charge is 2.26. The monoisotopic (exact) mass is 386 g/mol. The Morgan fingerprint density at radius 3 is 2.69 bits per heavy atom. The molecule has 1 fully saturated rings. The first-order valence-corrected chi connectivity index (χ1v) is 9.88. The molecule has 0 N–H and O–H groups in total. The lowest BCUT2D eigenvalue weighted by Gasteiger charge is -2.31. The number of piperidine rings is 1. The van der Waals surface area contributed by atoms with Gasteiger partial charge in [-0.1, -0.05) is 47.2 Å². The Balaban J connectivity index is 1.39. The molecule has 1 amide bonds. The van der Waals surface area contributed by atoms with Crippen LogP contribution in [0.1, 0.15) is 28.8 Å². The number of hydrogen-bond donors (Lipinski definition) is 0. The number of halogens is 1. The lowest BCUT2D eigenvalue weighted by Crippen LogP contribution is -2.41. The fraction of sp³-hybridized carbons (Fsp3) is 0.300. The maximum atomic E-state index is 12.6. The molecule has 0 radical (unpaired) electrons. The van der Waals surface area contributed by atoms with E-state index in [4.69, 9.17) is 16.3 Å². The standard InChI is InChI=1S/C20H19ClN2O2S/c1-13-5-4-8-17-18(13)22-20(26-17)25-14-9-11-23(12-10-14)19(24)15-6-2-3-7-16(15)21/h2-8,14H,9-12H2,1H3. The highest BCUT2D eigenvalue weighted by Crippen LogP contribution is 2.31. The van der Waals surface area contributed by atoms with Gasteiger partial charge in [-0.05, 0) is 30.7 Å². The molecule has 1 aliphatic heterocycles. The largest absolute Gasteiger partial charge is 0.467 e. The number of hydrogen-bond acceptors (Lipinski definition) is 4. The molecule has 2 aromatic carbocycles. The van der Waals surface area contributed by atoms with E-state index in [-0.39, 0.29) is 12.0 Å². The fourth-order valence-corrected chi connectivity index (χ4v) is 4.42. The van der Waals surface area contributed by atoms with Crippen molar-refractivity contribution in [1.29, 1.82) is 0 Å². The quantitative estimate of drug-likeness (QED) is 0.640. The summed E-state index contributed by atoms with van der Waals surface area (Å²) in [4.78, 5) is 19.1. The van der Waals surface area contributed by atoms with Crippen LogP contribution in [0.5, 0.6) is 5.19 Å². The first kappa shape index (κ1) is 17.3. The van der Waals surface area contributed by atoms with Gasteiger partial charge in [-0.25, -0.2) is 4.98 Å². The van der Waals surface area contributed by atoms with Gasteiger partial charge >= 0.3 is 0 Å². The van der Waals surface area contributed by atoms with Gasteiger partial charge in [-0.3, -0.25) is 4.79 Å². The first-order valence-electron chi connectivity index (χ1n) is 8.68. The number of thiazole rings is 1. The molecule has 0 bridgehead atoms. The molecule has 4 nitrogen and oxygen atoms in total. The number of nitrogens with zero attached hydrogens (tertiary/aromatic N) is 2. The predicted octanol–water partition coefficient (Wildman–Crippen LogP) is 4.94. The predicted molar refractivity (Wildman–Crippen MR) is 105 cm³/mol. The number of benzene rings is 2. The lowest BCUT2D eigenvalue weighted by molar-refractivity contribution is 0.0595. The number of carbonyl (C=O) groups is 1. The zero-order chi connectivity index (χ0) is 18.1. The summed E-state index contributed by atoms with van der Waals surface area (Å²) in [5.41, 5.74) is 2.74. The number of para-hydroxylation sites is 1. The van der Waals surface area contributed by atoms with Gasteiger partial charge in [-0.2, -0.15) is 0 Å². The fourth-order valence-electron chi connectivity index (χ4n) is 3.24. The summed E-state index contributed by atoms with van der Waals surface area (Å²) in [6.07, 6.45) is 1.68. The van der Waals surface area contributed by atoms with Crippen LogP contribution in [-0.4, -0.2) is 35.0 Å².